The highest BCUT2D eigenvalue weighted by Crippen LogP contribution is 2.30. The Balaban J connectivity index is 1.68. The molecule has 0 bridgehead atoms. The monoisotopic (exact) mass is 1370 g/mol. The van der Waals surface area contributed by atoms with E-state index in [4.69, 9.17) is 18.9 Å². The zero-order chi connectivity index (χ0) is 70.8. The molecule has 0 aliphatic carbocycles. The molecule has 2 heterocycles. The third-order valence-corrected chi connectivity index (χ3v) is 18.3. The summed E-state index contributed by atoms with van der Waals surface area (Å²) in [6.45, 7) is 2.68. The third-order valence-electron chi connectivity index (χ3n) is 18.3. The molecule has 2 aliphatic rings. The number of rotatable bonds is 64. The van der Waals surface area contributed by atoms with E-state index in [1.54, 1.807) is 6.08 Å². The molecule has 562 valence electrons. The summed E-state index contributed by atoms with van der Waals surface area (Å²) in [5.41, 5.74) is 0. The summed E-state index contributed by atoms with van der Waals surface area (Å²) in [6.07, 6.45) is 82.4. The first-order valence-electron chi connectivity index (χ1n) is 39.4. The fourth-order valence-corrected chi connectivity index (χ4v) is 12.1. The van der Waals surface area contributed by atoms with E-state index < -0.39 is 86.8 Å². The average Bonchev–Trinajstić information content (AvgIpc) is 0.793. The molecule has 12 unspecified atom stereocenters. The van der Waals surface area contributed by atoms with Crippen molar-refractivity contribution in [3.05, 3.63) is 134 Å². The zero-order valence-electron chi connectivity index (χ0n) is 61.5. The van der Waals surface area contributed by atoms with Crippen molar-refractivity contribution in [3.63, 3.8) is 0 Å². The smallest absolute Gasteiger partial charge is 0.220 e. The molecule has 2 rings (SSSR count). The van der Waals surface area contributed by atoms with Crippen molar-refractivity contribution in [2.45, 2.75) is 370 Å². The number of carbonyl (C=O) groups is 1. The van der Waals surface area contributed by atoms with Crippen LogP contribution in [-0.4, -0.2) is 140 Å². The number of hydrogen-bond acceptors (Lipinski definition) is 13. The molecule has 2 aliphatic heterocycles. The lowest BCUT2D eigenvalue weighted by Crippen LogP contribution is -2.65. The summed E-state index contributed by atoms with van der Waals surface area (Å²) in [5.74, 6) is -0.271. The Kier molecular flexibility index (Phi) is 61.1. The lowest BCUT2D eigenvalue weighted by Gasteiger charge is -2.46. The minimum atomic E-state index is -1.80. The molecule has 98 heavy (non-hydrogen) atoms. The average molecular weight is 1380 g/mol. The molecule has 2 saturated heterocycles. The molecule has 0 radical (unpaired) electrons. The maximum Gasteiger partial charge on any atom is 0.220 e. The predicted octanol–water partition coefficient (Wildman–Crippen LogP) is 17.8. The largest absolute Gasteiger partial charge is 0.394 e. The van der Waals surface area contributed by atoms with Crippen LogP contribution in [-0.2, 0) is 23.7 Å². The third kappa shape index (κ3) is 48.9. The second-order valence-corrected chi connectivity index (χ2v) is 27.1. The number of nitrogens with one attached hydrogen (secondary N) is 1. The highest BCUT2D eigenvalue weighted by Gasteiger charge is 2.51. The van der Waals surface area contributed by atoms with Gasteiger partial charge in [0, 0.05) is 6.42 Å². The number of amides is 1. The van der Waals surface area contributed by atoms with Gasteiger partial charge < -0.3 is 65.1 Å². The number of ether oxygens (including phenoxy) is 4. The molecule has 14 nitrogen and oxygen atoms in total. The van der Waals surface area contributed by atoms with Crippen LogP contribution in [0.3, 0.4) is 0 Å². The maximum atomic E-state index is 13.4. The van der Waals surface area contributed by atoms with Crippen LogP contribution in [0.4, 0.5) is 0 Å². The van der Waals surface area contributed by atoms with Gasteiger partial charge in [0.25, 0.3) is 0 Å². The topological polar surface area (TPSA) is 228 Å². The van der Waals surface area contributed by atoms with E-state index in [1.165, 1.54) is 161 Å². The Morgan fingerprint density at radius 2 is 0.714 bits per heavy atom. The second-order valence-electron chi connectivity index (χ2n) is 27.1. The number of allylic oxidation sites excluding steroid dienone is 21. The van der Waals surface area contributed by atoms with Crippen molar-refractivity contribution in [2.75, 3.05) is 19.8 Å². The van der Waals surface area contributed by atoms with E-state index in [0.29, 0.717) is 12.8 Å². The van der Waals surface area contributed by atoms with E-state index in [1.807, 2.05) is 6.08 Å². The molecule has 0 saturated carbocycles. The first-order chi connectivity index (χ1) is 48.1. The van der Waals surface area contributed by atoms with Crippen LogP contribution >= 0.6 is 0 Å². The molecule has 14 heteroatoms. The highest BCUT2D eigenvalue weighted by atomic mass is 16.7. The normalized spacial score (nSPS) is 22.8. The van der Waals surface area contributed by atoms with E-state index in [9.17, 15) is 45.6 Å². The van der Waals surface area contributed by atoms with Crippen molar-refractivity contribution in [1.29, 1.82) is 0 Å². The summed E-state index contributed by atoms with van der Waals surface area (Å²) in [5, 5.41) is 87.6. The van der Waals surface area contributed by atoms with Gasteiger partial charge in [-0.3, -0.25) is 4.79 Å². The highest BCUT2D eigenvalue weighted by molar-refractivity contribution is 5.76. The number of hydrogen-bond donors (Lipinski definition) is 9. The minimum Gasteiger partial charge on any atom is -0.394 e. The number of aliphatic hydroxyl groups excluding tert-OH is 8. The van der Waals surface area contributed by atoms with Gasteiger partial charge in [-0.05, 0) is 103 Å². The fourth-order valence-electron chi connectivity index (χ4n) is 12.1. The number of unbranched alkanes of at least 4 members (excludes halogenated alkanes) is 31. The zero-order valence-corrected chi connectivity index (χ0v) is 61.5. The van der Waals surface area contributed by atoms with E-state index in [2.05, 4.69) is 141 Å². The van der Waals surface area contributed by atoms with Gasteiger partial charge in [0.05, 0.1) is 32.0 Å². The van der Waals surface area contributed by atoms with Crippen molar-refractivity contribution in [1.82, 2.24) is 5.32 Å². The Bertz CT molecular complexity index is 2160. The molecule has 0 aromatic carbocycles. The van der Waals surface area contributed by atoms with Gasteiger partial charge in [-0.15, -0.1) is 0 Å². The van der Waals surface area contributed by atoms with Crippen molar-refractivity contribution in [3.8, 4) is 0 Å². The van der Waals surface area contributed by atoms with Gasteiger partial charge in [0.15, 0.2) is 12.6 Å². The lowest BCUT2D eigenvalue weighted by molar-refractivity contribution is -0.359. The van der Waals surface area contributed by atoms with Crippen LogP contribution < -0.4 is 5.32 Å². The second kappa shape index (κ2) is 66.4. The molecule has 2 fully saturated rings. The quantitative estimate of drug-likeness (QED) is 0.0204. The molecular formula is C84H143NO13. The summed E-state index contributed by atoms with van der Waals surface area (Å²) in [6, 6.07) is -0.955. The van der Waals surface area contributed by atoms with Gasteiger partial charge in [-0.25, -0.2) is 0 Å². The molecule has 1 amide bonds. The van der Waals surface area contributed by atoms with Crippen LogP contribution in [0.2, 0.25) is 0 Å². The Morgan fingerprint density at radius 1 is 0.378 bits per heavy atom. The van der Waals surface area contributed by atoms with Gasteiger partial charge in [0.2, 0.25) is 5.91 Å². The summed E-state index contributed by atoms with van der Waals surface area (Å²) in [4.78, 5) is 13.4. The lowest BCUT2D eigenvalue weighted by atomic mass is 9.97. The van der Waals surface area contributed by atoms with Crippen LogP contribution in [0.15, 0.2) is 134 Å². The van der Waals surface area contributed by atoms with Crippen molar-refractivity contribution >= 4 is 5.91 Å². The Hall–Kier alpha value is -3.87. The van der Waals surface area contributed by atoms with Gasteiger partial charge in [-0.2, -0.15) is 0 Å². The van der Waals surface area contributed by atoms with Crippen LogP contribution in [0, 0.1) is 0 Å². The number of carbonyl (C=O) groups excluding carboxylic acids is 1. The summed E-state index contributed by atoms with van der Waals surface area (Å²) < 4.78 is 22.9. The van der Waals surface area contributed by atoms with Crippen LogP contribution in [0.1, 0.15) is 296 Å². The molecule has 0 aromatic rings. The molecule has 0 aromatic heterocycles. The van der Waals surface area contributed by atoms with E-state index in [0.717, 1.165) is 103 Å². The summed E-state index contributed by atoms with van der Waals surface area (Å²) in [7, 11) is 0. The molecule has 0 spiro atoms. The minimum absolute atomic E-state index is 0.242. The summed E-state index contributed by atoms with van der Waals surface area (Å²) >= 11 is 0. The molecular weight excluding hydrogens is 1230 g/mol. The first-order valence-corrected chi connectivity index (χ1v) is 39.4. The van der Waals surface area contributed by atoms with E-state index in [-0.39, 0.29) is 18.9 Å². The van der Waals surface area contributed by atoms with E-state index >= 15 is 0 Å². The number of aliphatic hydroxyl groups is 8. The predicted molar refractivity (Wildman–Crippen MR) is 405 cm³/mol. The van der Waals surface area contributed by atoms with Crippen LogP contribution in [0.25, 0.3) is 0 Å². The van der Waals surface area contributed by atoms with Crippen LogP contribution in [0.5, 0.6) is 0 Å². The fraction of sp³-hybridized carbons (Fsp3) is 0.726. The van der Waals surface area contributed by atoms with Gasteiger partial charge >= 0.3 is 0 Å². The molecule has 9 N–H and O–H groups in total. The van der Waals surface area contributed by atoms with Gasteiger partial charge in [-0.1, -0.05) is 321 Å². The SMILES string of the molecule is CC/C=C\C/C=C\C/C=C\C/C=C\C/C=C\C/C=C\C/C=C\C/C=C\C/C=C\CCCCCCCC(=O)NC(COC1OC(CO)C(OC2OC(CO)C(O)C(O)C2O)C(O)C1O)C(O)/C=C/CC/C=C/CCCCCCCCCCCCCCCCCCCCCCCCCCC. The molecule has 12 atom stereocenters. The van der Waals surface area contributed by atoms with Crippen molar-refractivity contribution < 1.29 is 64.6 Å². The van der Waals surface area contributed by atoms with Gasteiger partial charge in [0.1, 0.15) is 48.8 Å². The Morgan fingerprint density at radius 3 is 1.12 bits per heavy atom. The first kappa shape index (κ1) is 90.2. The Labute approximate surface area is 596 Å². The standard InChI is InChI=1S/C84H143NO13/c1-3-5-7-9-11-13-15-17-19-21-23-25-27-29-31-33-35-36-38-40-42-44-46-48-50-52-54-56-58-60-62-64-66-68-76(89)85-72(71-95-83-81(94)79(92)82(75(70-87)97-83)98-84-80(93)78(91)77(90)74(69-86)96-84)73(88)67-65-63-61-59-57-55-53-51-49-47-45-43-41-39-37-34-32-30-28-26-24-22-20-18-16-14-12-10-8-6-4-2/h5,7,11,13,17,19,23,25,29,31,35-36,40,42,46,48,52,54,57,59,65,67,72-75,77-84,86-88,90-94H,3-4,6,8-10,12,14-16,18,20-22,24,26-28,30,32-34,37-39,41,43-45,47,49-51,53,55-56,58,60-64,66,68-71H2,1-2H3,(H,85,89)/b7-5-,13-11-,19-17-,25-23-,31-29-,36-35-,42-40-,48-46-,54-52-,59-57+,67-65+. The maximum absolute atomic E-state index is 13.4. The van der Waals surface area contributed by atoms with Crippen molar-refractivity contribution in [2.24, 2.45) is 0 Å².